The molecule has 1 atom stereocenters. The van der Waals surface area contributed by atoms with E-state index >= 15 is 0 Å². The zero-order valence-corrected chi connectivity index (χ0v) is 8.82. The maximum absolute atomic E-state index is 6.32. The monoisotopic (exact) mass is 183 g/mol. The molecule has 0 saturated carbocycles. The van der Waals surface area contributed by atoms with Gasteiger partial charge in [0.2, 0.25) is 0 Å². The quantitative estimate of drug-likeness (QED) is 0.766. The first kappa shape index (κ1) is 9.75. The van der Waals surface area contributed by atoms with Gasteiger partial charge in [-0.25, -0.2) is 0 Å². The van der Waals surface area contributed by atoms with E-state index in [1.165, 1.54) is 4.88 Å². The summed E-state index contributed by atoms with van der Waals surface area (Å²) in [6.07, 6.45) is 1.01. The van der Waals surface area contributed by atoms with Gasteiger partial charge in [0, 0.05) is 4.88 Å². The largest absolute Gasteiger partial charge is 0.321 e. The third-order valence-corrected chi connectivity index (χ3v) is 3.66. The average molecular weight is 183 g/mol. The Hall–Kier alpha value is -0.340. The molecule has 1 rings (SSSR count). The molecule has 1 unspecified atom stereocenters. The van der Waals surface area contributed by atoms with Crippen molar-refractivity contribution in [3.8, 4) is 0 Å². The van der Waals surface area contributed by atoms with Crippen LogP contribution in [0.1, 0.15) is 32.1 Å². The van der Waals surface area contributed by atoms with Crippen LogP contribution in [0, 0.1) is 5.92 Å². The third-order valence-electron chi connectivity index (χ3n) is 2.60. The summed E-state index contributed by atoms with van der Waals surface area (Å²) >= 11 is 1.76. The van der Waals surface area contributed by atoms with Crippen LogP contribution in [0.25, 0.3) is 0 Å². The van der Waals surface area contributed by atoms with Gasteiger partial charge in [0.05, 0.1) is 5.54 Å². The van der Waals surface area contributed by atoms with E-state index in [-0.39, 0.29) is 5.54 Å². The Morgan fingerprint density at radius 1 is 1.58 bits per heavy atom. The Kier molecular flexibility index (Phi) is 2.91. The lowest BCUT2D eigenvalue weighted by molar-refractivity contribution is 0.312. The van der Waals surface area contributed by atoms with Crippen molar-refractivity contribution >= 4 is 11.3 Å². The van der Waals surface area contributed by atoms with Gasteiger partial charge in [-0.05, 0) is 23.8 Å². The molecule has 2 heteroatoms. The van der Waals surface area contributed by atoms with Crippen LogP contribution >= 0.6 is 11.3 Å². The van der Waals surface area contributed by atoms with Crippen molar-refractivity contribution < 1.29 is 0 Å². The van der Waals surface area contributed by atoms with E-state index in [0.717, 1.165) is 6.42 Å². The molecule has 68 valence electrons. The molecule has 2 N–H and O–H groups in total. The minimum atomic E-state index is -0.117. The van der Waals surface area contributed by atoms with E-state index in [0.29, 0.717) is 5.92 Å². The Labute approximate surface area is 78.6 Å². The molecule has 0 bridgehead atoms. The van der Waals surface area contributed by atoms with Gasteiger partial charge >= 0.3 is 0 Å². The number of nitrogens with two attached hydrogens (primary N) is 1. The minimum Gasteiger partial charge on any atom is -0.321 e. The smallest absolute Gasteiger partial charge is 0.0524 e. The molecule has 0 saturated heterocycles. The van der Waals surface area contributed by atoms with Crippen LogP contribution in [0.5, 0.6) is 0 Å². The summed E-state index contributed by atoms with van der Waals surface area (Å²) in [5.74, 6) is 0.501. The summed E-state index contributed by atoms with van der Waals surface area (Å²) in [7, 11) is 0. The van der Waals surface area contributed by atoms with Gasteiger partial charge in [-0.3, -0.25) is 0 Å². The maximum Gasteiger partial charge on any atom is 0.0524 e. The summed E-state index contributed by atoms with van der Waals surface area (Å²) in [4.78, 5) is 1.31. The highest BCUT2D eigenvalue weighted by molar-refractivity contribution is 7.10. The summed E-state index contributed by atoms with van der Waals surface area (Å²) < 4.78 is 0. The van der Waals surface area contributed by atoms with Crippen molar-refractivity contribution in [2.45, 2.75) is 32.7 Å². The van der Waals surface area contributed by atoms with Crippen LogP contribution in [-0.2, 0) is 5.54 Å². The van der Waals surface area contributed by atoms with E-state index in [1.54, 1.807) is 11.3 Å². The maximum atomic E-state index is 6.32. The lowest BCUT2D eigenvalue weighted by Crippen LogP contribution is -2.40. The molecule has 0 aliphatic carbocycles. The Balaban J connectivity index is 2.96. The lowest BCUT2D eigenvalue weighted by Gasteiger charge is -2.31. The molecule has 0 aromatic carbocycles. The molecular weight excluding hydrogens is 166 g/mol. The van der Waals surface area contributed by atoms with Crippen LogP contribution in [0.4, 0.5) is 0 Å². The molecule has 0 spiro atoms. The van der Waals surface area contributed by atoms with Gasteiger partial charge in [-0.1, -0.05) is 26.8 Å². The normalized spacial score (nSPS) is 16.4. The van der Waals surface area contributed by atoms with Gasteiger partial charge in [0.1, 0.15) is 0 Å². The molecule has 0 fully saturated rings. The molecule has 0 amide bonds. The van der Waals surface area contributed by atoms with Crippen molar-refractivity contribution in [2.24, 2.45) is 11.7 Å². The van der Waals surface area contributed by atoms with Crippen molar-refractivity contribution in [1.29, 1.82) is 0 Å². The van der Waals surface area contributed by atoms with Crippen LogP contribution in [0.3, 0.4) is 0 Å². The molecule has 1 aromatic rings. The number of rotatable bonds is 3. The van der Waals surface area contributed by atoms with Crippen LogP contribution < -0.4 is 5.73 Å². The van der Waals surface area contributed by atoms with Crippen molar-refractivity contribution in [1.82, 2.24) is 0 Å². The predicted octanol–water partition coefficient (Wildman–Crippen LogP) is 2.97. The molecule has 0 aliphatic rings. The van der Waals surface area contributed by atoms with Gasteiger partial charge in [-0.15, -0.1) is 11.3 Å². The Morgan fingerprint density at radius 3 is 2.58 bits per heavy atom. The standard InChI is InChI=1S/C10H17NS/c1-4-10(11,8(2)3)9-6-5-7-12-9/h5-8H,4,11H2,1-3H3. The highest BCUT2D eigenvalue weighted by atomic mass is 32.1. The summed E-state index contributed by atoms with van der Waals surface area (Å²) in [6.45, 7) is 6.52. The summed E-state index contributed by atoms with van der Waals surface area (Å²) in [5, 5.41) is 2.09. The first-order valence-corrected chi connectivity index (χ1v) is 5.32. The molecular formula is C10H17NS. The second kappa shape index (κ2) is 3.58. The van der Waals surface area contributed by atoms with E-state index in [4.69, 9.17) is 5.73 Å². The molecule has 1 heterocycles. The predicted molar refractivity (Wildman–Crippen MR) is 55.3 cm³/mol. The van der Waals surface area contributed by atoms with E-state index < -0.39 is 0 Å². The summed E-state index contributed by atoms with van der Waals surface area (Å²) in [6, 6.07) is 4.20. The molecule has 1 nitrogen and oxygen atoms in total. The Bertz CT molecular complexity index is 228. The minimum absolute atomic E-state index is 0.117. The van der Waals surface area contributed by atoms with Crippen LogP contribution in [0.15, 0.2) is 17.5 Å². The average Bonchev–Trinajstić information content (AvgIpc) is 2.54. The van der Waals surface area contributed by atoms with Crippen molar-refractivity contribution in [2.75, 3.05) is 0 Å². The second-order valence-electron chi connectivity index (χ2n) is 3.53. The second-order valence-corrected chi connectivity index (χ2v) is 4.47. The van der Waals surface area contributed by atoms with Crippen molar-refractivity contribution in [3.05, 3.63) is 22.4 Å². The van der Waals surface area contributed by atoms with Gasteiger partial charge in [0.15, 0.2) is 0 Å². The van der Waals surface area contributed by atoms with Gasteiger partial charge in [0.25, 0.3) is 0 Å². The molecule has 12 heavy (non-hydrogen) atoms. The van der Waals surface area contributed by atoms with E-state index in [2.05, 4.69) is 38.3 Å². The molecule has 0 aliphatic heterocycles. The van der Waals surface area contributed by atoms with Gasteiger partial charge in [-0.2, -0.15) is 0 Å². The van der Waals surface area contributed by atoms with Crippen molar-refractivity contribution in [3.63, 3.8) is 0 Å². The van der Waals surface area contributed by atoms with E-state index in [9.17, 15) is 0 Å². The van der Waals surface area contributed by atoms with Crippen LogP contribution in [0.2, 0.25) is 0 Å². The highest BCUT2D eigenvalue weighted by Crippen LogP contribution is 2.32. The lowest BCUT2D eigenvalue weighted by atomic mass is 9.84. The Morgan fingerprint density at radius 2 is 2.25 bits per heavy atom. The zero-order chi connectivity index (χ0) is 9.19. The SMILES string of the molecule is CCC(N)(c1cccs1)C(C)C. The number of hydrogen-bond acceptors (Lipinski definition) is 2. The number of thiophene rings is 1. The van der Waals surface area contributed by atoms with Crippen LogP contribution in [-0.4, -0.2) is 0 Å². The summed E-state index contributed by atoms with van der Waals surface area (Å²) in [5.41, 5.74) is 6.20. The fourth-order valence-corrected chi connectivity index (χ4v) is 2.47. The fourth-order valence-electron chi connectivity index (χ4n) is 1.41. The highest BCUT2D eigenvalue weighted by Gasteiger charge is 2.29. The topological polar surface area (TPSA) is 26.0 Å². The molecule has 1 aromatic heterocycles. The first-order valence-electron chi connectivity index (χ1n) is 4.44. The van der Waals surface area contributed by atoms with E-state index in [1.807, 2.05) is 0 Å². The third kappa shape index (κ3) is 1.54. The number of hydrogen-bond donors (Lipinski definition) is 1. The molecule has 0 radical (unpaired) electrons. The van der Waals surface area contributed by atoms with Gasteiger partial charge < -0.3 is 5.73 Å². The zero-order valence-electron chi connectivity index (χ0n) is 8.00. The first-order chi connectivity index (χ1) is 5.61. The fraction of sp³-hybridized carbons (Fsp3) is 0.600.